The Morgan fingerprint density at radius 3 is 2.93 bits per heavy atom. The maximum atomic E-state index is 10.9. The molecule has 78 valence electrons. The molecule has 1 aromatic carbocycles. The lowest BCUT2D eigenvalue weighted by Gasteiger charge is -2.00. The van der Waals surface area contributed by atoms with Crippen molar-refractivity contribution >= 4 is 32.8 Å². The first kappa shape index (κ1) is 10.2. The molecule has 0 saturated carbocycles. The minimum Gasteiger partial charge on any atom is -0.407 e. The minimum atomic E-state index is -0.347. The molecule has 0 aliphatic rings. The number of nitrogens with zero attached hydrogens (tertiary/aromatic N) is 2. The van der Waals surface area contributed by atoms with Crippen molar-refractivity contribution in [2.75, 3.05) is 0 Å². The first-order valence-electron chi connectivity index (χ1n) is 4.39. The average Bonchev–Trinajstić information content (AvgIpc) is 2.45. The zero-order valence-corrected chi connectivity index (χ0v) is 9.91. The summed E-state index contributed by atoms with van der Waals surface area (Å²) in [5.41, 5.74) is 0.788. The fourth-order valence-corrected chi connectivity index (χ4v) is 1.86. The third kappa shape index (κ3) is 1.74. The number of halogens is 1. The molecule has 0 saturated heterocycles. The Bertz CT molecular complexity index is 533. The summed E-state index contributed by atoms with van der Waals surface area (Å²) in [6.45, 7) is 1.37. The molecule has 4 nitrogen and oxygen atoms in total. The van der Waals surface area contributed by atoms with Gasteiger partial charge in [-0.1, -0.05) is 6.07 Å². The molecular weight excluding hydrogens is 260 g/mol. The Hall–Kier alpha value is -1.36. The van der Waals surface area contributed by atoms with Gasteiger partial charge >= 0.3 is 5.97 Å². The van der Waals surface area contributed by atoms with Gasteiger partial charge in [-0.3, -0.25) is 4.79 Å². The van der Waals surface area contributed by atoms with Gasteiger partial charge in [0, 0.05) is 18.4 Å². The summed E-state index contributed by atoms with van der Waals surface area (Å²) in [6, 6.07) is 5.64. The molecule has 0 spiro atoms. The zero-order chi connectivity index (χ0) is 11.0. The molecule has 0 N–H and O–H groups in total. The summed E-state index contributed by atoms with van der Waals surface area (Å²) in [6.07, 6.45) is 0. The van der Waals surface area contributed by atoms with E-state index in [4.69, 9.17) is 4.74 Å². The van der Waals surface area contributed by atoms with Crippen molar-refractivity contribution in [2.24, 2.45) is 7.05 Å². The van der Waals surface area contributed by atoms with E-state index in [1.807, 2.05) is 18.2 Å². The number of esters is 1. The lowest BCUT2D eigenvalue weighted by molar-refractivity contribution is -0.132. The number of rotatable bonds is 1. The van der Waals surface area contributed by atoms with Crippen LogP contribution in [0.25, 0.3) is 10.9 Å². The van der Waals surface area contributed by atoms with Crippen LogP contribution in [0, 0.1) is 0 Å². The molecule has 0 amide bonds. The molecule has 0 unspecified atom stereocenters. The largest absolute Gasteiger partial charge is 0.407 e. The standard InChI is InChI=1S/C10H9BrN2O2/c1-6(14)15-10-7-4-3-5-8(11)9(7)12-13(10)2/h3-5H,1-2H3. The summed E-state index contributed by atoms with van der Waals surface area (Å²) >= 11 is 3.39. The SMILES string of the molecule is CC(=O)Oc1c2cccc(Br)c2nn1C. The fraction of sp³-hybridized carbons (Fsp3) is 0.200. The fourth-order valence-electron chi connectivity index (χ4n) is 1.42. The zero-order valence-electron chi connectivity index (χ0n) is 8.32. The highest BCUT2D eigenvalue weighted by Gasteiger charge is 2.13. The first-order chi connectivity index (χ1) is 7.09. The second-order valence-electron chi connectivity index (χ2n) is 3.16. The summed E-state index contributed by atoms with van der Waals surface area (Å²) in [7, 11) is 1.74. The topological polar surface area (TPSA) is 44.1 Å². The summed E-state index contributed by atoms with van der Waals surface area (Å²) < 4.78 is 7.53. The van der Waals surface area contributed by atoms with E-state index in [1.54, 1.807) is 11.7 Å². The van der Waals surface area contributed by atoms with Gasteiger partial charge in [-0.15, -0.1) is 0 Å². The van der Waals surface area contributed by atoms with Gasteiger partial charge in [0.1, 0.15) is 5.52 Å². The van der Waals surface area contributed by atoms with Crippen LogP contribution < -0.4 is 4.74 Å². The van der Waals surface area contributed by atoms with Crippen LogP contribution in [0.4, 0.5) is 0 Å². The number of carbonyl (C=O) groups excluding carboxylic acids is 1. The monoisotopic (exact) mass is 268 g/mol. The lowest BCUT2D eigenvalue weighted by Crippen LogP contribution is -2.05. The smallest absolute Gasteiger partial charge is 0.309 e. The van der Waals surface area contributed by atoms with Crippen molar-refractivity contribution in [3.8, 4) is 5.88 Å². The van der Waals surface area contributed by atoms with Crippen LogP contribution in [0.2, 0.25) is 0 Å². The van der Waals surface area contributed by atoms with Crippen LogP contribution in [0.3, 0.4) is 0 Å². The van der Waals surface area contributed by atoms with E-state index in [9.17, 15) is 4.79 Å². The van der Waals surface area contributed by atoms with E-state index in [1.165, 1.54) is 6.92 Å². The average molecular weight is 269 g/mol. The summed E-state index contributed by atoms with van der Waals surface area (Å²) in [5.74, 6) is 0.124. The molecule has 2 aromatic rings. The Labute approximate surface area is 95.0 Å². The number of carbonyl (C=O) groups is 1. The van der Waals surface area contributed by atoms with Gasteiger partial charge in [0.2, 0.25) is 5.88 Å². The number of benzene rings is 1. The van der Waals surface area contributed by atoms with Crippen molar-refractivity contribution in [1.29, 1.82) is 0 Å². The molecule has 15 heavy (non-hydrogen) atoms. The number of aryl methyl sites for hydroxylation is 1. The third-order valence-corrected chi connectivity index (χ3v) is 2.64. The molecule has 1 heterocycles. The van der Waals surface area contributed by atoms with Crippen molar-refractivity contribution in [1.82, 2.24) is 9.78 Å². The number of aromatic nitrogens is 2. The molecule has 0 aliphatic carbocycles. The molecule has 0 fully saturated rings. The Morgan fingerprint density at radius 2 is 2.27 bits per heavy atom. The van der Waals surface area contributed by atoms with Crippen molar-refractivity contribution < 1.29 is 9.53 Å². The van der Waals surface area contributed by atoms with E-state index in [-0.39, 0.29) is 5.97 Å². The predicted octanol–water partition coefficient (Wildman–Crippen LogP) is 2.26. The van der Waals surface area contributed by atoms with Crippen LogP contribution in [-0.4, -0.2) is 15.7 Å². The maximum absolute atomic E-state index is 10.9. The number of fused-ring (bicyclic) bond motifs is 1. The van der Waals surface area contributed by atoms with Crippen LogP contribution in [0.5, 0.6) is 5.88 Å². The van der Waals surface area contributed by atoms with E-state index in [2.05, 4.69) is 21.0 Å². The van der Waals surface area contributed by atoms with Crippen molar-refractivity contribution in [3.05, 3.63) is 22.7 Å². The van der Waals surface area contributed by atoms with Gasteiger partial charge in [-0.25, -0.2) is 4.68 Å². The van der Waals surface area contributed by atoms with Gasteiger partial charge < -0.3 is 4.74 Å². The van der Waals surface area contributed by atoms with E-state index in [0.29, 0.717) is 5.88 Å². The number of hydrogen-bond donors (Lipinski definition) is 0. The highest BCUT2D eigenvalue weighted by Crippen LogP contribution is 2.29. The lowest BCUT2D eigenvalue weighted by atomic mass is 10.2. The quantitative estimate of drug-likeness (QED) is 0.746. The van der Waals surface area contributed by atoms with Crippen molar-refractivity contribution in [2.45, 2.75) is 6.92 Å². The molecule has 0 aliphatic heterocycles. The summed E-state index contributed by atoms with van der Waals surface area (Å²) in [5, 5.41) is 5.08. The Kier molecular flexibility index (Phi) is 2.48. The normalized spacial score (nSPS) is 10.6. The van der Waals surface area contributed by atoms with Gasteiger partial charge in [0.25, 0.3) is 0 Å². The second kappa shape index (κ2) is 3.66. The molecule has 0 bridgehead atoms. The number of hydrogen-bond acceptors (Lipinski definition) is 3. The van der Waals surface area contributed by atoms with Crippen LogP contribution in [0.15, 0.2) is 22.7 Å². The Morgan fingerprint density at radius 1 is 1.53 bits per heavy atom. The van der Waals surface area contributed by atoms with Crippen LogP contribution >= 0.6 is 15.9 Å². The van der Waals surface area contributed by atoms with E-state index in [0.717, 1.165) is 15.4 Å². The number of ether oxygens (including phenoxy) is 1. The van der Waals surface area contributed by atoms with Gasteiger partial charge in [-0.2, -0.15) is 5.10 Å². The molecule has 2 rings (SSSR count). The van der Waals surface area contributed by atoms with E-state index < -0.39 is 0 Å². The van der Waals surface area contributed by atoms with Crippen LogP contribution in [-0.2, 0) is 11.8 Å². The van der Waals surface area contributed by atoms with Crippen molar-refractivity contribution in [3.63, 3.8) is 0 Å². The van der Waals surface area contributed by atoms with Gasteiger partial charge in [0.15, 0.2) is 0 Å². The summed E-state index contributed by atoms with van der Waals surface area (Å²) in [4.78, 5) is 10.9. The molecule has 5 heteroatoms. The first-order valence-corrected chi connectivity index (χ1v) is 5.18. The van der Waals surface area contributed by atoms with Crippen LogP contribution in [0.1, 0.15) is 6.92 Å². The highest BCUT2D eigenvalue weighted by molar-refractivity contribution is 9.10. The predicted molar refractivity (Wildman–Crippen MR) is 59.7 cm³/mol. The minimum absolute atomic E-state index is 0.347. The van der Waals surface area contributed by atoms with E-state index >= 15 is 0 Å². The van der Waals surface area contributed by atoms with Gasteiger partial charge in [0.05, 0.1) is 5.39 Å². The molecule has 0 radical (unpaired) electrons. The molecule has 0 atom stereocenters. The second-order valence-corrected chi connectivity index (χ2v) is 4.01. The molecule has 1 aromatic heterocycles. The molecular formula is C10H9BrN2O2. The Balaban J connectivity index is 2.68. The third-order valence-electron chi connectivity index (χ3n) is 2.00. The maximum Gasteiger partial charge on any atom is 0.309 e. The van der Waals surface area contributed by atoms with Gasteiger partial charge in [-0.05, 0) is 28.1 Å². The highest BCUT2D eigenvalue weighted by atomic mass is 79.9.